The number of hydrogen-bond acceptors (Lipinski definition) is 2. The number of hydrogen-bond donors (Lipinski definition) is 2. The van der Waals surface area contributed by atoms with Crippen LogP contribution in [0, 0.1) is 22.7 Å². The van der Waals surface area contributed by atoms with Crippen LogP contribution in [0.4, 0.5) is 0 Å². The maximum atomic E-state index is 12.9. The van der Waals surface area contributed by atoms with Crippen LogP contribution in [0.25, 0.3) is 0 Å². The number of furan rings is 1. The van der Waals surface area contributed by atoms with Crippen molar-refractivity contribution in [1.82, 2.24) is 5.32 Å². The molecule has 2 aliphatic rings. The summed E-state index contributed by atoms with van der Waals surface area (Å²) in [6.45, 7) is 16.8. The van der Waals surface area contributed by atoms with Crippen molar-refractivity contribution in [3.05, 3.63) is 35.8 Å². The molecule has 1 aromatic rings. The second kappa shape index (κ2) is 9.30. The van der Waals surface area contributed by atoms with Crippen LogP contribution < -0.4 is 10.2 Å². The first-order chi connectivity index (χ1) is 14.3. The summed E-state index contributed by atoms with van der Waals surface area (Å²) in [6.07, 6.45) is 9.49. The summed E-state index contributed by atoms with van der Waals surface area (Å²) in [4.78, 5) is 14.4. The van der Waals surface area contributed by atoms with Gasteiger partial charge in [-0.1, -0.05) is 32.4 Å². The Balaban J connectivity index is 1.78. The molecule has 4 atom stereocenters. The summed E-state index contributed by atoms with van der Waals surface area (Å²) in [6, 6.07) is 2.17. The summed E-state index contributed by atoms with van der Waals surface area (Å²) in [7, 11) is 1.79. The Morgan fingerprint density at radius 3 is 2.70 bits per heavy atom. The Bertz CT molecular complexity index is 750. The van der Waals surface area contributed by atoms with Gasteiger partial charge in [-0.15, -0.1) is 0 Å². The van der Waals surface area contributed by atoms with Gasteiger partial charge in [0, 0.05) is 12.5 Å². The predicted octanol–water partition coefficient (Wildman–Crippen LogP) is 4.16. The maximum absolute atomic E-state index is 12.9. The molecular weight excluding hydrogens is 372 g/mol. The van der Waals surface area contributed by atoms with E-state index in [2.05, 4.69) is 45.7 Å². The summed E-state index contributed by atoms with van der Waals surface area (Å²) < 4.78 is 5.88. The molecule has 2 N–H and O–H groups in total. The van der Waals surface area contributed by atoms with E-state index in [0.717, 1.165) is 63.9 Å². The highest BCUT2D eigenvalue weighted by molar-refractivity contribution is 5.82. The average Bonchev–Trinajstić information content (AvgIpc) is 3.17. The molecule has 0 bridgehead atoms. The van der Waals surface area contributed by atoms with Gasteiger partial charge in [0.2, 0.25) is 5.91 Å². The number of fused-ring (bicyclic) bond motifs is 1. The van der Waals surface area contributed by atoms with Crippen LogP contribution in [0.15, 0.2) is 28.9 Å². The van der Waals surface area contributed by atoms with Crippen LogP contribution in [0.3, 0.4) is 0 Å². The topological polar surface area (TPSA) is 46.7 Å². The molecule has 4 heteroatoms. The minimum atomic E-state index is -0.256. The summed E-state index contributed by atoms with van der Waals surface area (Å²) in [5.41, 5.74) is 2.66. The normalized spacial score (nSPS) is 31.6. The molecule has 0 radical (unpaired) electrons. The first kappa shape index (κ1) is 23.1. The fourth-order valence-electron chi connectivity index (χ4n) is 6.81. The summed E-state index contributed by atoms with van der Waals surface area (Å²) in [5.74, 6) is 2.28. The SMILES string of the molecule is C=C1CC[C@H]2[C@](C)(CCC[C@]2(C)C(=O)NC)[C@H]1CCc1ccoc1C[NH+](CC)CC. The molecule has 2 fully saturated rings. The van der Waals surface area contributed by atoms with Gasteiger partial charge in [0.05, 0.1) is 19.4 Å². The lowest BCUT2D eigenvalue weighted by Crippen LogP contribution is -3.10. The predicted molar refractivity (Wildman–Crippen MR) is 122 cm³/mol. The Kier molecular flexibility index (Phi) is 7.16. The summed E-state index contributed by atoms with van der Waals surface area (Å²) >= 11 is 0. The van der Waals surface area contributed by atoms with Gasteiger partial charge in [0.1, 0.15) is 6.54 Å². The van der Waals surface area contributed by atoms with Gasteiger partial charge in [-0.25, -0.2) is 0 Å². The quantitative estimate of drug-likeness (QED) is 0.626. The van der Waals surface area contributed by atoms with Gasteiger partial charge < -0.3 is 14.6 Å². The average molecular weight is 416 g/mol. The van der Waals surface area contributed by atoms with Crippen molar-refractivity contribution in [3.63, 3.8) is 0 Å². The molecule has 2 aliphatic carbocycles. The Morgan fingerprint density at radius 2 is 2.03 bits per heavy atom. The lowest BCUT2D eigenvalue weighted by molar-refractivity contribution is -0.911. The van der Waals surface area contributed by atoms with Crippen LogP contribution in [0.1, 0.15) is 77.5 Å². The van der Waals surface area contributed by atoms with E-state index >= 15 is 0 Å². The highest BCUT2D eigenvalue weighted by Crippen LogP contribution is 2.61. The van der Waals surface area contributed by atoms with E-state index in [1.54, 1.807) is 11.9 Å². The highest BCUT2D eigenvalue weighted by atomic mass is 16.3. The van der Waals surface area contributed by atoms with Crippen LogP contribution >= 0.6 is 0 Å². The molecule has 0 unspecified atom stereocenters. The van der Waals surface area contributed by atoms with Crippen LogP contribution in [0.5, 0.6) is 0 Å². The van der Waals surface area contributed by atoms with Crippen molar-refractivity contribution in [1.29, 1.82) is 0 Å². The van der Waals surface area contributed by atoms with E-state index in [9.17, 15) is 4.79 Å². The number of carbonyl (C=O) groups is 1. The second-order valence-electron chi connectivity index (χ2n) is 10.2. The Morgan fingerprint density at radius 1 is 1.30 bits per heavy atom. The molecule has 1 aromatic heterocycles. The fraction of sp³-hybridized carbons (Fsp3) is 0.731. The van der Waals surface area contributed by atoms with Gasteiger partial charge in [0.25, 0.3) is 0 Å². The van der Waals surface area contributed by atoms with E-state index in [0.29, 0.717) is 11.8 Å². The minimum absolute atomic E-state index is 0.156. The third kappa shape index (κ3) is 4.12. The van der Waals surface area contributed by atoms with E-state index in [1.807, 2.05) is 6.26 Å². The maximum Gasteiger partial charge on any atom is 0.225 e. The van der Waals surface area contributed by atoms with E-state index in [1.165, 1.54) is 17.6 Å². The number of nitrogens with one attached hydrogen (secondary N) is 2. The van der Waals surface area contributed by atoms with Gasteiger partial charge in [-0.3, -0.25) is 4.79 Å². The number of quaternary nitrogens is 1. The molecule has 0 saturated heterocycles. The number of amides is 1. The first-order valence-electron chi connectivity index (χ1n) is 12.1. The van der Waals surface area contributed by atoms with Crippen molar-refractivity contribution in [2.24, 2.45) is 22.7 Å². The van der Waals surface area contributed by atoms with E-state index < -0.39 is 0 Å². The molecule has 0 spiro atoms. The molecule has 0 aromatic carbocycles. The summed E-state index contributed by atoms with van der Waals surface area (Å²) in [5, 5.41) is 2.97. The lowest BCUT2D eigenvalue weighted by atomic mass is 9.46. The van der Waals surface area contributed by atoms with Gasteiger partial charge in [0.15, 0.2) is 5.76 Å². The Hall–Kier alpha value is -1.55. The standard InChI is InChI=1S/C26H42N2O2/c1-7-28(8-2)18-22-20(14-17-30-22)11-12-21-19(3)10-13-23-25(21,4)15-9-16-26(23,5)24(29)27-6/h14,17,21,23H,3,7-13,15-16,18H2,1-2,4-6H3,(H,27,29)/p+1/t21-,23-,25+,26-/m0/s1. The number of aryl methyl sites for hydroxylation is 1. The second-order valence-corrected chi connectivity index (χ2v) is 10.2. The van der Waals surface area contributed by atoms with E-state index in [-0.39, 0.29) is 16.7 Å². The molecule has 3 rings (SSSR count). The largest absolute Gasteiger partial charge is 0.463 e. The molecule has 4 nitrogen and oxygen atoms in total. The number of rotatable bonds is 8. The molecular formula is C26H43N2O2+. The zero-order chi connectivity index (χ0) is 21.9. The number of carbonyl (C=O) groups excluding carboxylic acids is 1. The van der Waals surface area contributed by atoms with E-state index in [4.69, 9.17) is 4.42 Å². The van der Waals surface area contributed by atoms with Crippen molar-refractivity contribution < 1.29 is 14.1 Å². The minimum Gasteiger partial charge on any atom is -0.463 e. The molecule has 1 heterocycles. The fourth-order valence-corrected chi connectivity index (χ4v) is 6.81. The van der Waals surface area contributed by atoms with Crippen LogP contribution in [0.2, 0.25) is 0 Å². The molecule has 168 valence electrons. The van der Waals surface area contributed by atoms with Gasteiger partial charge in [-0.2, -0.15) is 0 Å². The smallest absolute Gasteiger partial charge is 0.225 e. The molecule has 1 amide bonds. The monoisotopic (exact) mass is 415 g/mol. The third-order valence-electron chi connectivity index (χ3n) is 8.72. The highest BCUT2D eigenvalue weighted by Gasteiger charge is 2.56. The van der Waals surface area contributed by atoms with Crippen molar-refractivity contribution in [3.8, 4) is 0 Å². The van der Waals surface area contributed by atoms with Crippen molar-refractivity contribution in [2.45, 2.75) is 79.2 Å². The van der Waals surface area contributed by atoms with Gasteiger partial charge in [-0.05, 0) is 81.3 Å². The van der Waals surface area contributed by atoms with Crippen molar-refractivity contribution in [2.75, 3.05) is 20.1 Å². The first-order valence-corrected chi connectivity index (χ1v) is 12.1. The zero-order valence-corrected chi connectivity index (χ0v) is 19.9. The zero-order valence-electron chi connectivity index (χ0n) is 19.9. The third-order valence-corrected chi connectivity index (χ3v) is 8.72. The lowest BCUT2D eigenvalue weighted by Gasteiger charge is -2.58. The molecule has 2 saturated carbocycles. The van der Waals surface area contributed by atoms with Crippen LogP contribution in [-0.2, 0) is 17.8 Å². The van der Waals surface area contributed by atoms with Crippen LogP contribution in [-0.4, -0.2) is 26.0 Å². The van der Waals surface area contributed by atoms with Gasteiger partial charge >= 0.3 is 0 Å². The molecule has 30 heavy (non-hydrogen) atoms. The molecule has 0 aliphatic heterocycles. The Labute approximate surface area is 183 Å². The van der Waals surface area contributed by atoms with Crippen molar-refractivity contribution >= 4 is 5.91 Å². The number of allylic oxidation sites excluding steroid dienone is 1.